The summed E-state index contributed by atoms with van der Waals surface area (Å²) >= 11 is 6.02. The van der Waals surface area contributed by atoms with Crippen LogP contribution < -0.4 is 15.4 Å². The first-order chi connectivity index (χ1) is 12.6. The summed E-state index contributed by atoms with van der Waals surface area (Å²) in [4.78, 5) is 8.95. The highest BCUT2D eigenvalue weighted by Crippen LogP contribution is 2.19. The van der Waals surface area contributed by atoms with Gasteiger partial charge in [-0.05, 0) is 49.2 Å². The van der Waals surface area contributed by atoms with Crippen LogP contribution in [0, 0.1) is 6.92 Å². The predicted molar refractivity (Wildman–Crippen MR) is 107 cm³/mol. The second kappa shape index (κ2) is 8.54. The van der Waals surface area contributed by atoms with Crippen LogP contribution in [0.4, 0.5) is 17.5 Å². The Hall–Kier alpha value is -2.79. The molecule has 0 saturated heterocycles. The van der Waals surface area contributed by atoms with E-state index in [1.807, 2.05) is 55.5 Å². The van der Waals surface area contributed by atoms with Gasteiger partial charge in [-0.25, -0.2) is 4.98 Å². The SMILES string of the molecule is COc1cccc(CCNc2cc(C)nc(Nc3cccc(Cl)c3)n2)c1. The molecule has 3 rings (SSSR count). The normalized spacial score (nSPS) is 10.4. The third-order valence-electron chi connectivity index (χ3n) is 3.79. The van der Waals surface area contributed by atoms with E-state index in [1.54, 1.807) is 7.11 Å². The number of nitrogens with zero attached hydrogens (tertiary/aromatic N) is 2. The third-order valence-corrected chi connectivity index (χ3v) is 4.02. The van der Waals surface area contributed by atoms with Crippen molar-refractivity contribution in [2.75, 3.05) is 24.3 Å². The van der Waals surface area contributed by atoms with E-state index in [9.17, 15) is 0 Å². The second-order valence-corrected chi connectivity index (χ2v) is 6.32. The van der Waals surface area contributed by atoms with Crippen LogP contribution >= 0.6 is 11.6 Å². The molecular formula is C20H21ClN4O. The Morgan fingerprint density at radius 3 is 2.69 bits per heavy atom. The minimum absolute atomic E-state index is 0.538. The molecule has 5 nitrogen and oxygen atoms in total. The number of nitrogens with one attached hydrogen (secondary N) is 2. The fourth-order valence-electron chi connectivity index (χ4n) is 2.57. The van der Waals surface area contributed by atoms with Crippen molar-refractivity contribution >= 4 is 29.1 Å². The van der Waals surface area contributed by atoms with Crippen LogP contribution in [0.15, 0.2) is 54.6 Å². The lowest BCUT2D eigenvalue weighted by atomic mass is 10.1. The summed E-state index contributed by atoms with van der Waals surface area (Å²) in [5.74, 6) is 2.19. The number of ether oxygens (including phenoxy) is 1. The highest BCUT2D eigenvalue weighted by atomic mass is 35.5. The molecule has 0 aliphatic heterocycles. The number of halogens is 1. The summed E-state index contributed by atoms with van der Waals surface area (Å²) in [6, 6.07) is 17.5. The van der Waals surface area contributed by atoms with Crippen molar-refractivity contribution in [3.63, 3.8) is 0 Å². The van der Waals surface area contributed by atoms with E-state index < -0.39 is 0 Å². The van der Waals surface area contributed by atoms with Crippen molar-refractivity contribution < 1.29 is 4.74 Å². The third kappa shape index (κ3) is 5.10. The van der Waals surface area contributed by atoms with E-state index in [-0.39, 0.29) is 0 Å². The van der Waals surface area contributed by atoms with Gasteiger partial charge in [0.05, 0.1) is 7.11 Å². The van der Waals surface area contributed by atoms with Gasteiger partial charge in [-0.15, -0.1) is 0 Å². The number of benzene rings is 2. The standard InChI is InChI=1S/C20H21ClN4O/c1-14-11-19(22-10-9-15-5-3-8-18(12-15)26-2)25-20(23-14)24-17-7-4-6-16(21)13-17/h3-8,11-13H,9-10H2,1-2H3,(H2,22,23,24,25). The van der Waals surface area contributed by atoms with Gasteiger partial charge in [0.2, 0.25) is 5.95 Å². The lowest BCUT2D eigenvalue weighted by Crippen LogP contribution is -2.08. The van der Waals surface area contributed by atoms with Crippen molar-refractivity contribution in [1.29, 1.82) is 0 Å². The summed E-state index contributed by atoms with van der Waals surface area (Å²) in [5, 5.41) is 7.20. The van der Waals surface area contributed by atoms with Gasteiger partial charge in [-0.1, -0.05) is 29.8 Å². The Labute approximate surface area is 158 Å². The summed E-state index contributed by atoms with van der Waals surface area (Å²) < 4.78 is 5.26. The molecule has 0 unspecified atom stereocenters. The molecule has 134 valence electrons. The molecule has 1 aromatic heterocycles. The van der Waals surface area contributed by atoms with Gasteiger partial charge in [0.25, 0.3) is 0 Å². The van der Waals surface area contributed by atoms with Crippen LogP contribution in [0.3, 0.4) is 0 Å². The molecule has 1 heterocycles. The second-order valence-electron chi connectivity index (χ2n) is 5.88. The fraction of sp³-hybridized carbons (Fsp3) is 0.200. The lowest BCUT2D eigenvalue weighted by Gasteiger charge is -2.10. The van der Waals surface area contributed by atoms with Gasteiger partial charge in [0.15, 0.2) is 0 Å². The first-order valence-corrected chi connectivity index (χ1v) is 8.75. The molecule has 26 heavy (non-hydrogen) atoms. The van der Waals surface area contributed by atoms with Crippen LogP contribution in [0.25, 0.3) is 0 Å². The minimum atomic E-state index is 0.538. The Bertz CT molecular complexity index is 885. The maximum absolute atomic E-state index is 6.02. The van der Waals surface area contributed by atoms with Gasteiger partial charge < -0.3 is 15.4 Å². The molecule has 3 aromatic rings. The van der Waals surface area contributed by atoms with Gasteiger partial charge in [-0.2, -0.15) is 4.98 Å². The summed E-state index contributed by atoms with van der Waals surface area (Å²) in [7, 11) is 1.68. The van der Waals surface area contributed by atoms with E-state index in [0.717, 1.165) is 35.9 Å². The molecule has 2 N–H and O–H groups in total. The highest BCUT2D eigenvalue weighted by molar-refractivity contribution is 6.30. The molecule has 0 spiro atoms. The zero-order valence-electron chi connectivity index (χ0n) is 14.8. The number of aromatic nitrogens is 2. The molecule has 6 heteroatoms. The van der Waals surface area contributed by atoms with Crippen LogP contribution in [-0.4, -0.2) is 23.6 Å². The van der Waals surface area contributed by atoms with E-state index in [0.29, 0.717) is 11.0 Å². The topological polar surface area (TPSA) is 59.1 Å². The molecule has 0 aliphatic carbocycles. The molecule has 0 bridgehead atoms. The minimum Gasteiger partial charge on any atom is -0.497 e. The highest BCUT2D eigenvalue weighted by Gasteiger charge is 2.04. The van der Waals surface area contributed by atoms with Crippen LogP contribution in [0.5, 0.6) is 5.75 Å². The van der Waals surface area contributed by atoms with Gasteiger partial charge in [0, 0.05) is 29.0 Å². The Morgan fingerprint density at radius 1 is 1.04 bits per heavy atom. The monoisotopic (exact) mass is 368 g/mol. The number of rotatable bonds is 7. The largest absolute Gasteiger partial charge is 0.497 e. The van der Waals surface area contributed by atoms with E-state index >= 15 is 0 Å². The van der Waals surface area contributed by atoms with E-state index in [1.165, 1.54) is 5.56 Å². The average molecular weight is 369 g/mol. The first kappa shape index (κ1) is 18.0. The first-order valence-electron chi connectivity index (χ1n) is 8.37. The van der Waals surface area contributed by atoms with Crippen LogP contribution in [0.1, 0.15) is 11.3 Å². The lowest BCUT2D eigenvalue weighted by molar-refractivity contribution is 0.414. The molecule has 2 aromatic carbocycles. The van der Waals surface area contributed by atoms with Crippen molar-refractivity contribution in [2.24, 2.45) is 0 Å². The maximum Gasteiger partial charge on any atom is 0.229 e. The van der Waals surface area contributed by atoms with Gasteiger partial charge >= 0.3 is 0 Å². The smallest absolute Gasteiger partial charge is 0.229 e. The van der Waals surface area contributed by atoms with Gasteiger partial charge in [0.1, 0.15) is 11.6 Å². The zero-order valence-corrected chi connectivity index (χ0v) is 15.5. The Kier molecular flexibility index (Phi) is 5.92. The molecule has 0 fully saturated rings. The molecule has 0 radical (unpaired) electrons. The molecule has 0 atom stereocenters. The summed E-state index contributed by atoms with van der Waals surface area (Å²) in [6.07, 6.45) is 0.872. The number of methoxy groups -OCH3 is 1. The number of hydrogen-bond acceptors (Lipinski definition) is 5. The summed E-state index contributed by atoms with van der Waals surface area (Å²) in [5.41, 5.74) is 2.94. The zero-order chi connectivity index (χ0) is 18.4. The van der Waals surface area contributed by atoms with Crippen molar-refractivity contribution in [3.05, 3.63) is 70.9 Å². The van der Waals surface area contributed by atoms with Crippen molar-refractivity contribution in [2.45, 2.75) is 13.3 Å². The number of anilines is 3. The Morgan fingerprint density at radius 2 is 1.88 bits per heavy atom. The quantitative estimate of drug-likeness (QED) is 0.624. The van der Waals surface area contributed by atoms with Crippen LogP contribution in [0.2, 0.25) is 5.02 Å². The number of aryl methyl sites for hydroxylation is 1. The molecule has 0 aliphatic rings. The van der Waals surface area contributed by atoms with E-state index in [2.05, 4.69) is 26.7 Å². The van der Waals surface area contributed by atoms with Gasteiger partial charge in [-0.3, -0.25) is 0 Å². The fourth-order valence-corrected chi connectivity index (χ4v) is 2.76. The van der Waals surface area contributed by atoms with Crippen molar-refractivity contribution in [1.82, 2.24) is 9.97 Å². The molecule has 0 saturated carbocycles. The molecular weight excluding hydrogens is 348 g/mol. The van der Waals surface area contributed by atoms with Crippen LogP contribution in [-0.2, 0) is 6.42 Å². The Balaban J connectivity index is 1.63. The van der Waals surface area contributed by atoms with Crippen molar-refractivity contribution in [3.8, 4) is 5.75 Å². The summed E-state index contributed by atoms with van der Waals surface area (Å²) in [6.45, 7) is 2.71. The molecule has 0 amide bonds. The predicted octanol–water partition coefficient (Wildman–Crippen LogP) is 4.85. The average Bonchev–Trinajstić information content (AvgIpc) is 2.61. The number of hydrogen-bond donors (Lipinski definition) is 2. The van der Waals surface area contributed by atoms with E-state index in [4.69, 9.17) is 16.3 Å². The maximum atomic E-state index is 6.02.